The smallest absolute Gasteiger partial charge is 0.251 e. The molecular formula is C17H21ClN2O2. The number of hydrogen-bond donors (Lipinski definition) is 2. The van der Waals surface area contributed by atoms with Crippen molar-refractivity contribution in [2.24, 2.45) is 5.73 Å². The molecule has 0 aliphatic rings. The van der Waals surface area contributed by atoms with Gasteiger partial charge in [0.25, 0.3) is 5.91 Å². The predicted octanol–water partition coefficient (Wildman–Crippen LogP) is 2.86. The van der Waals surface area contributed by atoms with Crippen LogP contribution in [0.25, 0.3) is 11.1 Å². The Hall–Kier alpha value is -2.04. The Bertz CT molecular complexity index is 600. The highest BCUT2D eigenvalue weighted by Gasteiger charge is 2.05. The van der Waals surface area contributed by atoms with Crippen LogP contribution in [-0.2, 0) is 0 Å². The minimum absolute atomic E-state index is 0. The number of carbonyl (C=O) groups is 1. The predicted molar refractivity (Wildman–Crippen MR) is 91.7 cm³/mol. The van der Waals surface area contributed by atoms with Gasteiger partial charge in [0.2, 0.25) is 0 Å². The lowest BCUT2D eigenvalue weighted by Crippen LogP contribution is -2.25. The van der Waals surface area contributed by atoms with Crippen LogP contribution in [0.3, 0.4) is 0 Å². The summed E-state index contributed by atoms with van der Waals surface area (Å²) in [6.45, 7) is 1.18. The van der Waals surface area contributed by atoms with Gasteiger partial charge in [0.15, 0.2) is 0 Å². The van der Waals surface area contributed by atoms with Gasteiger partial charge in [-0.05, 0) is 48.4 Å². The van der Waals surface area contributed by atoms with E-state index in [-0.39, 0.29) is 18.3 Å². The van der Waals surface area contributed by atoms with Crippen LogP contribution >= 0.6 is 12.4 Å². The minimum Gasteiger partial charge on any atom is -0.497 e. The molecule has 0 spiro atoms. The molecule has 5 heteroatoms. The van der Waals surface area contributed by atoms with E-state index in [4.69, 9.17) is 10.5 Å². The first-order chi connectivity index (χ1) is 10.2. The molecule has 0 unspecified atom stereocenters. The number of nitrogens with two attached hydrogens (primary N) is 1. The molecule has 118 valence electrons. The van der Waals surface area contributed by atoms with E-state index in [1.165, 1.54) is 0 Å². The summed E-state index contributed by atoms with van der Waals surface area (Å²) in [5, 5.41) is 2.84. The summed E-state index contributed by atoms with van der Waals surface area (Å²) < 4.78 is 5.22. The van der Waals surface area contributed by atoms with Crippen LogP contribution in [0.1, 0.15) is 16.8 Å². The molecular weight excluding hydrogens is 300 g/mol. The molecule has 4 nitrogen and oxygen atoms in total. The Balaban J connectivity index is 0.00000242. The van der Waals surface area contributed by atoms with E-state index < -0.39 is 0 Å². The van der Waals surface area contributed by atoms with E-state index >= 15 is 0 Å². The maximum absolute atomic E-state index is 11.9. The van der Waals surface area contributed by atoms with Crippen molar-refractivity contribution >= 4 is 18.3 Å². The van der Waals surface area contributed by atoms with Gasteiger partial charge in [-0.1, -0.05) is 24.3 Å². The van der Waals surface area contributed by atoms with Gasteiger partial charge < -0.3 is 15.8 Å². The summed E-state index contributed by atoms with van der Waals surface area (Å²) >= 11 is 0. The van der Waals surface area contributed by atoms with E-state index in [1.54, 1.807) is 7.11 Å². The molecule has 2 aromatic carbocycles. The van der Waals surface area contributed by atoms with E-state index in [2.05, 4.69) is 5.32 Å². The molecule has 0 aliphatic carbocycles. The summed E-state index contributed by atoms with van der Waals surface area (Å²) in [5.41, 5.74) is 8.16. The molecule has 2 rings (SSSR count). The molecule has 0 saturated carbocycles. The highest BCUT2D eigenvalue weighted by atomic mass is 35.5. The van der Waals surface area contributed by atoms with Gasteiger partial charge >= 0.3 is 0 Å². The normalized spacial score (nSPS) is 9.73. The lowest BCUT2D eigenvalue weighted by atomic mass is 10.0. The number of benzene rings is 2. The Morgan fingerprint density at radius 1 is 1.14 bits per heavy atom. The zero-order valence-electron chi connectivity index (χ0n) is 12.5. The summed E-state index contributed by atoms with van der Waals surface area (Å²) in [6.07, 6.45) is 0.785. The zero-order chi connectivity index (χ0) is 15.1. The molecule has 0 bridgehead atoms. The molecule has 0 heterocycles. The van der Waals surface area contributed by atoms with Crippen LogP contribution in [0.15, 0.2) is 48.5 Å². The molecule has 0 aromatic heterocycles. The standard InChI is InChI=1S/C17H20N2O2.ClH/c1-21-16-5-2-4-15(12-16)13-6-8-14(9-7-13)17(20)19-11-3-10-18;/h2,4-9,12H,3,10-11,18H2,1H3,(H,19,20);1H. The van der Waals surface area contributed by atoms with Crippen molar-refractivity contribution in [3.63, 3.8) is 0 Å². The van der Waals surface area contributed by atoms with Gasteiger partial charge in [-0.3, -0.25) is 4.79 Å². The Morgan fingerprint density at radius 2 is 1.86 bits per heavy atom. The van der Waals surface area contributed by atoms with E-state index in [0.29, 0.717) is 18.7 Å². The maximum atomic E-state index is 11.9. The second kappa shape index (κ2) is 9.07. The molecule has 0 aliphatic heterocycles. The monoisotopic (exact) mass is 320 g/mol. The van der Waals surface area contributed by atoms with Gasteiger partial charge in [0.1, 0.15) is 5.75 Å². The van der Waals surface area contributed by atoms with Crippen LogP contribution in [0.4, 0.5) is 0 Å². The number of hydrogen-bond acceptors (Lipinski definition) is 3. The third-order valence-corrected chi connectivity index (χ3v) is 3.22. The minimum atomic E-state index is -0.0688. The summed E-state index contributed by atoms with van der Waals surface area (Å²) in [7, 11) is 1.65. The van der Waals surface area contributed by atoms with Crippen molar-refractivity contribution in [1.29, 1.82) is 0 Å². The molecule has 3 N–H and O–H groups in total. The maximum Gasteiger partial charge on any atom is 0.251 e. The quantitative estimate of drug-likeness (QED) is 0.804. The first-order valence-electron chi connectivity index (χ1n) is 6.97. The highest BCUT2D eigenvalue weighted by molar-refractivity contribution is 5.94. The second-order valence-corrected chi connectivity index (χ2v) is 4.71. The molecule has 2 aromatic rings. The summed E-state index contributed by atoms with van der Waals surface area (Å²) in [6, 6.07) is 15.4. The van der Waals surface area contributed by atoms with Crippen LogP contribution in [0.2, 0.25) is 0 Å². The topological polar surface area (TPSA) is 64.3 Å². The number of halogens is 1. The second-order valence-electron chi connectivity index (χ2n) is 4.71. The molecule has 1 amide bonds. The number of carbonyl (C=O) groups excluding carboxylic acids is 1. The van der Waals surface area contributed by atoms with Gasteiger partial charge in [-0.25, -0.2) is 0 Å². The number of methoxy groups -OCH3 is 1. The Morgan fingerprint density at radius 3 is 2.50 bits per heavy atom. The molecule has 0 fully saturated rings. The van der Waals surface area contributed by atoms with Crippen molar-refractivity contribution in [2.45, 2.75) is 6.42 Å². The Kier molecular flexibility index (Phi) is 7.43. The molecule has 0 radical (unpaired) electrons. The van der Waals surface area contributed by atoms with Gasteiger partial charge in [-0.15, -0.1) is 12.4 Å². The van der Waals surface area contributed by atoms with Crippen molar-refractivity contribution in [2.75, 3.05) is 20.2 Å². The fourth-order valence-corrected chi connectivity index (χ4v) is 2.02. The van der Waals surface area contributed by atoms with E-state index in [1.807, 2.05) is 48.5 Å². The largest absolute Gasteiger partial charge is 0.497 e. The lowest BCUT2D eigenvalue weighted by molar-refractivity contribution is 0.0953. The average Bonchev–Trinajstić information content (AvgIpc) is 2.55. The lowest BCUT2D eigenvalue weighted by Gasteiger charge is -2.07. The third kappa shape index (κ3) is 4.76. The van der Waals surface area contributed by atoms with E-state index in [0.717, 1.165) is 23.3 Å². The highest BCUT2D eigenvalue weighted by Crippen LogP contribution is 2.23. The summed E-state index contributed by atoms with van der Waals surface area (Å²) in [4.78, 5) is 11.9. The first-order valence-corrected chi connectivity index (χ1v) is 6.97. The molecule has 22 heavy (non-hydrogen) atoms. The third-order valence-electron chi connectivity index (χ3n) is 3.22. The fraction of sp³-hybridized carbons (Fsp3) is 0.235. The van der Waals surface area contributed by atoms with Crippen molar-refractivity contribution in [1.82, 2.24) is 5.32 Å². The van der Waals surface area contributed by atoms with Gasteiger partial charge in [0.05, 0.1) is 7.11 Å². The number of rotatable bonds is 6. The number of amides is 1. The summed E-state index contributed by atoms with van der Waals surface area (Å²) in [5.74, 6) is 0.747. The van der Waals surface area contributed by atoms with Crippen molar-refractivity contribution in [3.05, 3.63) is 54.1 Å². The molecule has 0 atom stereocenters. The SMILES string of the molecule is COc1cccc(-c2ccc(C(=O)NCCCN)cc2)c1.Cl. The van der Waals surface area contributed by atoms with Crippen LogP contribution in [0, 0.1) is 0 Å². The van der Waals surface area contributed by atoms with Crippen LogP contribution < -0.4 is 15.8 Å². The fourth-order valence-electron chi connectivity index (χ4n) is 2.02. The number of ether oxygens (including phenoxy) is 1. The van der Waals surface area contributed by atoms with Crippen molar-refractivity contribution < 1.29 is 9.53 Å². The first kappa shape index (κ1) is 18.0. The molecule has 0 saturated heterocycles. The van der Waals surface area contributed by atoms with Gasteiger partial charge in [0, 0.05) is 12.1 Å². The Labute approximate surface area is 137 Å². The zero-order valence-corrected chi connectivity index (χ0v) is 13.4. The van der Waals surface area contributed by atoms with Crippen LogP contribution in [-0.4, -0.2) is 26.1 Å². The van der Waals surface area contributed by atoms with Crippen LogP contribution in [0.5, 0.6) is 5.75 Å². The van der Waals surface area contributed by atoms with Gasteiger partial charge in [-0.2, -0.15) is 0 Å². The van der Waals surface area contributed by atoms with Crippen molar-refractivity contribution in [3.8, 4) is 16.9 Å². The number of nitrogens with one attached hydrogen (secondary N) is 1. The average molecular weight is 321 g/mol. The van der Waals surface area contributed by atoms with E-state index in [9.17, 15) is 4.79 Å².